The van der Waals surface area contributed by atoms with E-state index in [1.165, 1.54) is 0 Å². The number of ether oxygens (including phenoxy) is 1. The van der Waals surface area contributed by atoms with Gasteiger partial charge in [-0.1, -0.05) is 13.5 Å². The Morgan fingerprint density at radius 1 is 1.53 bits per heavy atom. The van der Waals surface area contributed by atoms with E-state index in [0.29, 0.717) is 13.2 Å². The monoisotopic (exact) mass is 281 g/mol. The lowest BCUT2D eigenvalue weighted by Gasteiger charge is -2.18. The van der Waals surface area contributed by atoms with E-state index in [9.17, 15) is 4.79 Å². The van der Waals surface area contributed by atoms with Crippen molar-refractivity contribution in [3.8, 4) is 0 Å². The molecular weight excluding hydrogens is 262 g/mol. The van der Waals surface area contributed by atoms with Gasteiger partial charge in [-0.2, -0.15) is 0 Å². The molecule has 0 bridgehead atoms. The third kappa shape index (κ3) is 9.90. The highest BCUT2D eigenvalue weighted by atomic mass is 79.9. The van der Waals surface area contributed by atoms with Gasteiger partial charge in [-0.25, -0.2) is 4.79 Å². The molecule has 0 saturated heterocycles. The normalized spacial score (nSPS) is 9.53. The maximum absolute atomic E-state index is 10.7. The van der Waals surface area contributed by atoms with E-state index >= 15 is 0 Å². The number of rotatable bonds is 8. The summed E-state index contributed by atoms with van der Waals surface area (Å²) in [6, 6.07) is 0. The Morgan fingerprint density at radius 2 is 2.20 bits per heavy atom. The van der Waals surface area contributed by atoms with Crippen LogP contribution in [0, 0.1) is 0 Å². The number of nitrogens with zero attached hydrogens (tertiary/aromatic N) is 1. The number of carbonyl (C=O) groups is 1. The first-order chi connectivity index (χ1) is 6.74. The van der Waals surface area contributed by atoms with Gasteiger partial charge in [0.15, 0.2) is 0 Å². The summed E-state index contributed by atoms with van der Waals surface area (Å²) in [7, 11) is 0. The Balaban J connectivity index is 0. The molecule has 0 amide bonds. The van der Waals surface area contributed by atoms with Crippen molar-refractivity contribution in [1.82, 2.24) is 4.90 Å². The van der Waals surface area contributed by atoms with Crippen LogP contribution >= 0.6 is 17.0 Å². The van der Waals surface area contributed by atoms with Gasteiger partial charge in [0.05, 0.1) is 13.2 Å². The second-order valence-corrected chi connectivity index (χ2v) is 2.88. The molecule has 15 heavy (non-hydrogen) atoms. The van der Waals surface area contributed by atoms with E-state index in [1.54, 1.807) is 0 Å². The van der Waals surface area contributed by atoms with Crippen LogP contribution in [0.25, 0.3) is 0 Å². The summed E-state index contributed by atoms with van der Waals surface area (Å²) in [4.78, 5) is 12.8. The molecular formula is C10H20BrNO3. The molecule has 1 N–H and O–H groups in total. The molecule has 0 saturated carbocycles. The molecule has 0 rings (SSSR count). The molecule has 5 heteroatoms. The van der Waals surface area contributed by atoms with E-state index < -0.39 is 0 Å². The van der Waals surface area contributed by atoms with Crippen molar-refractivity contribution in [2.45, 2.75) is 13.3 Å². The number of esters is 1. The zero-order chi connectivity index (χ0) is 10.8. The molecule has 0 aromatic heterocycles. The highest BCUT2D eigenvalue weighted by molar-refractivity contribution is 8.93. The number of likely N-dealkylation sites (N-methyl/N-ethyl adjacent to an activating group) is 1. The Labute approximate surface area is 102 Å². The molecule has 0 aliphatic heterocycles. The van der Waals surface area contributed by atoms with Gasteiger partial charge in [-0.05, 0) is 13.0 Å². The first-order valence-corrected chi connectivity index (χ1v) is 4.87. The molecule has 0 spiro atoms. The molecule has 0 unspecified atom stereocenters. The summed E-state index contributed by atoms with van der Waals surface area (Å²) in [5, 5.41) is 8.71. The number of hydrogen-bond acceptors (Lipinski definition) is 4. The van der Waals surface area contributed by atoms with Gasteiger partial charge >= 0.3 is 5.97 Å². The minimum Gasteiger partial charge on any atom is -0.462 e. The quantitative estimate of drug-likeness (QED) is 0.410. The lowest BCUT2D eigenvalue weighted by atomic mass is 10.4. The fourth-order valence-electron chi connectivity index (χ4n) is 1.09. The van der Waals surface area contributed by atoms with Gasteiger partial charge in [0.1, 0.15) is 0 Å². The van der Waals surface area contributed by atoms with Gasteiger partial charge in [0.2, 0.25) is 0 Å². The predicted octanol–water partition coefficient (Wildman–Crippen LogP) is 0.998. The van der Waals surface area contributed by atoms with Crippen LogP contribution in [0.3, 0.4) is 0 Å². The van der Waals surface area contributed by atoms with Crippen molar-refractivity contribution >= 4 is 23.0 Å². The van der Waals surface area contributed by atoms with Crippen molar-refractivity contribution in [2.24, 2.45) is 0 Å². The van der Waals surface area contributed by atoms with E-state index in [2.05, 4.69) is 11.5 Å². The molecule has 0 aliphatic carbocycles. The standard InChI is InChI=1S/C10H19NO3.BrH/c1-3-10(13)14-9-5-6-11(4-2)7-8-12;/h3,12H,1,4-9H2,2H3;1H. The molecule has 4 nitrogen and oxygen atoms in total. The topological polar surface area (TPSA) is 49.8 Å². The van der Waals surface area contributed by atoms with E-state index in [1.807, 2.05) is 6.92 Å². The van der Waals surface area contributed by atoms with Crippen molar-refractivity contribution in [3.05, 3.63) is 12.7 Å². The van der Waals surface area contributed by atoms with Crippen LogP contribution in [0.1, 0.15) is 13.3 Å². The molecule has 90 valence electrons. The van der Waals surface area contributed by atoms with Crippen molar-refractivity contribution in [1.29, 1.82) is 0 Å². The maximum Gasteiger partial charge on any atom is 0.330 e. The van der Waals surface area contributed by atoms with E-state index in [4.69, 9.17) is 9.84 Å². The first kappa shape index (κ1) is 17.0. The average molecular weight is 282 g/mol. The van der Waals surface area contributed by atoms with Crippen LogP contribution in [-0.4, -0.2) is 48.8 Å². The Bertz CT molecular complexity index is 176. The number of halogens is 1. The number of hydrogen-bond donors (Lipinski definition) is 1. The third-order valence-electron chi connectivity index (χ3n) is 1.89. The predicted molar refractivity (Wildman–Crippen MR) is 65.3 cm³/mol. The highest BCUT2D eigenvalue weighted by Crippen LogP contribution is 1.92. The summed E-state index contributed by atoms with van der Waals surface area (Å²) in [5.41, 5.74) is 0. The molecule has 0 atom stereocenters. The van der Waals surface area contributed by atoms with Crippen LogP contribution in [0.4, 0.5) is 0 Å². The smallest absolute Gasteiger partial charge is 0.330 e. The summed E-state index contributed by atoms with van der Waals surface area (Å²) in [6.45, 7) is 8.32. The van der Waals surface area contributed by atoms with E-state index in [-0.39, 0.29) is 29.6 Å². The Hall–Kier alpha value is -0.390. The van der Waals surface area contributed by atoms with Crippen LogP contribution in [-0.2, 0) is 9.53 Å². The van der Waals surface area contributed by atoms with Crippen LogP contribution in [0.2, 0.25) is 0 Å². The number of aliphatic hydroxyl groups is 1. The minimum atomic E-state index is -0.379. The Kier molecular flexibility index (Phi) is 13.3. The average Bonchev–Trinajstić information content (AvgIpc) is 2.22. The van der Waals surface area contributed by atoms with Gasteiger partial charge < -0.3 is 14.7 Å². The lowest BCUT2D eigenvalue weighted by Crippen LogP contribution is -2.28. The zero-order valence-electron chi connectivity index (χ0n) is 9.15. The summed E-state index contributed by atoms with van der Waals surface area (Å²) in [6.07, 6.45) is 1.94. The third-order valence-corrected chi connectivity index (χ3v) is 1.89. The molecule has 0 aliphatic rings. The molecule has 0 radical (unpaired) electrons. The molecule has 0 fully saturated rings. The highest BCUT2D eigenvalue weighted by Gasteiger charge is 2.01. The summed E-state index contributed by atoms with van der Waals surface area (Å²) < 4.78 is 4.82. The van der Waals surface area contributed by atoms with Crippen LogP contribution in [0.15, 0.2) is 12.7 Å². The summed E-state index contributed by atoms with van der Waals surface area (Å²) in [5.74, 6) is -0.379. The maximum atomic E-state index is 10.7. The minimum absolute atomic E-state index is 0. The van der Waals surface area contributed by atoms with Crippen LogP contribution < -0.4 is 0 Å². The number of carbonyl (C=O) groups excluding carboxylic acids is 1. The van der Waals surface area contributed by atoms with Crippen molar-refractivity contribution in [3.63, 3.8) is 0 Å². The second-order valence-electron chi connectivity index (χ2n) is 2.88. The molecule has 0 heterocycles. The zero-order valence-corrected chi connectivity index (χ0v) is 10.9. The fraction of sp³-hybridized carbons (Fsp3) is 0.700. The van der Waals surface area contributed by atoms with E-state index in [0.717, 1.165) is 25.6 Å². The van der Waals surface area contributed by atoms with Gasteiger partial charge in [-0.15, -0.1) is 17.0 Å². The van der Waals surface area contributed by atoms with Crippen LogP contribution in [0.5, 0.6) is 0 Å². The van der Waals surface area contributed by atoms with Gasteiger partial charge in [-0.3, -0.25) is 0 Å². The SMILES string of the molecule is Br.C=CC(=O)OCCCN(CC)CCO. The largest absolute Gasteiger partial charge is 0.462 e. The molecule has 0 aromatic rings. The fourth-order valence-corrected chi connectivity index (χ4v) is 1.09. The van der Waals surface area contributed by atoms with Crippen molar-refractivity contribution < 1.29 is 14.6 Å². The van der Waals surface area contributed by atoms with Crippen molar-refractivity contribution in [2.75, 3.05) is 32.8 Å². The summed E-state index contributed by atoms with van der Waals surface area (Å²) >= 11 is 0. The Morgan fingerprint density at radius 3 is 2.67 bits per heavy atom. The first-order valence-electron chi connectivity index (χ1n) is 4.87. The molecule has 0 aromatic carbocycles. The number of aliphatic hydroxyl groups excluding tert-OH is 1. The lowest BCUT2D eigenvalue weighted by molar-refractivity contribution is -0.137. The van der Waals surface area contributed by atoms with Gasteiger partial charge in [0.25, 0.3) is 0 Å². The second kappa shape index (κ2) is 11.7. The van der Waals surface area contributed by atoms with Gasteiger partial charge in [0, 0.05) is 19.2 Å².